The molecule has 1 aliphatic carbocycles. The number of phenolic OH excluding ortho intramolecular Hbond substituents is 6. The number of rotatable bonds is 4. The molecule has 5 aromatic carbocycles. The smallest absolute Gasteiger partial charge is 0.168 e. The highest BCUT2D eigenvalue weighted by molar-refractivity contribution is 6.19. The fraction of sp³-hybridized carbons (Fsp3) is 0.100. The lowest BCUT2D eigenvalue weighted by Crippen LogP contribution is -2.35. The molecule has 0 bridgehead atoms. The Kier molecular flexibility index (Phi) is 6.56. The van der Waals surface area contributed by atoms with Gasteiger partial charge in [0.15, 0.2) is 28.8 Å². The van der Waals surface area contributed by atoms with Crippen molar-refractivity contribution in [3.05, 3.63) is 125 Å². The first-order valence-corrected chi connectivity index (χ1v) is 16.3. The summed E-state index contributed by atoms with van der Waals surface area (Å²) in [6, 6.07) is 27.1. The molecule has 2 aromatic heterocycles. The number of aromatic hydroxyl groups is 6. The molecule has 9 rings (SSSR count). The Morgan fingerprint density at radius 3 is 1.98 bits per heavy atom. The van der Waals surface area contributed by atoms with Crippen molar-refractivity contribution in [1.82, 2.24) is 9.47 Å². The molecular formula is C40H30N4O7. The van der Waals surface area contributed by atoms with E-state index in [1.807, 2.05) is 98.1 Å². The number of nitrogens with zero attached hydrogens (tertiary/aromatic N) is 4. The number of phenols is 6. The summed E-state index contributed by atoms with van der Waals surface area (Å²) in [4.78, 5) is 12.2. The highest BCUT2D eigenvalue weighted by Crippen LogP contribution is 2.54. The molecule has 1 aliphatic heterocycles. The molecule has 0 spiro atoms. The summed E-state index contributed by atoms with van der Waals surface area (Å²) < 4.78 is 8.17. The topological polar surface area (TPSA) is 167 Å². The Balaban J connectivity index is 1.23. The summed E-state index contributed by atoms with van der Waals surface area (Å²) in [5.41, 5.74) is 4.09. The van der Waals surface area contributed by atoms with E-state index in [1.165, 1.54) is 0 Å². The summed E-state index contributed by atoms with van der Waals surface area (Å²) in [5, 5.41) is 65.5. The number of hydrogen-bond donors (Lipinski definition) is 6. The monoisotopic (exact) mass is 678 g/mol. The minimum absolute atomic E-state index is 0.0271. The molecule has 0 saturated carbocycles. The first-order valence-electron chi connectivity index (χ1n) is 16.3. The molecule has 0 saturated heterocycles. The SMILES string of the molecule is CN1C(c2ccccc2)=NC(c2ccc3c4c(oc3c2)C(n2c3c(O)cc(O)c(O)c3c3c(O)c(O)cc(O)c32)CC=C4)=NC1c1ccccc1. The number of allylic oxidation sites excluding steroid dienone is 1. The maximum Gasteiger partial charge on any atom is 0.168 e. The number of aromatic nitrogens is 1. The van der Waals surface area contributed by atoms with Gasteiger partial charge in [0.05, 0.1) is 27.8 Å². The van der Waals surface area contributed by atoms with Crippen LogP contribution in [0.5, 0.6) is 34.5 Å². The molecular weight excluding hydrogens is 648 g/mol. The lowest BCUT2D eigenvalue weighted by atomic mass is 9.97. The van der Waals surface area contributed by atoms with Gasteiger partial charge in [-0.05, 0) is 24.1 Å². The Morgan fingerprint density at radius 2 is 1.33 bits per heavy atom. The van der Waals surface area contributed by atoms with Crippen LogP contribution in [0.3, 0.4) is 0 Å². The quantitative estimate of drug-likeness (QED) is 0.0817. The van der Waals surface area contributed by atoms with Gasteiger partial charge in [-0.2, -0.15) is 0 Å². The largest absolute Gasteiger partial charge is 0.506 e. The standard InChI is InChI=1S/C40H30N4O7/c1-43-39(20-9-4-2-5-10-20)41-38(42-40(43)21-11-6-3-7-12-21)22-15-16-23-24-13-8-14-25(37(24)51-30(23)17-22)44-33-26(45)18-28(47)35(49)31(33)32-34(44)27(46)19-29(48)36(32)50/h2-13,15-19,25,39,45-50H,14H2,1H3. The second kappa shape index (κ2) is 11.1. The van der Waals surface area contributed by atoms with Gasteiger partial charge >= 0.3 is 0 Å². The molecule has 11 nitrogen and oxygen atoms in total. The second-order valence-corrected chi connectivity index (χ2v) is 12.7. The van der Waals surface area contributed by atoms with E-state index in [0.29, 0.717) is 23.6 Å². The third-order valence-electron chi connectivity index (χ3n) is 9.76. The predicted octanol–water partition coefficient (Wildman–Crippen LogP) is 7.62. The van der Waals surface area contributed by atoms with Gasteiger partial charge in [0.25, 0.3) is 0 Å². The lowest BCUT2D eigenvalue weighted by Gasteiger charge is -2.32. The van der Waals surface area contributed by atoms with Crippen LogP contribution in [0.1, 0.15) is 46.6 Å². The lowest BCUT2D eigenvalue weighted by molar-refractivity contribution is 0.383. The average molecular weight is 679 g/mol. The van der Waals surface area contributed by atoms with Crippen LogP contribution in [-0.2, 0) is 0 Å². The van der Waals surface area contributed by atoms with Crippen LogP contribution in [0.15, 0.2) is 111 Å². The Labute approximate surface area is 289 Å². The highest BCUT2D eigenvalue weighted by atomic mass is 16.3. The maximum atomic E-state index is 11.1. The van der Waals surface area contributed by atoms with Crippen LogP contribution in [0.2, 0.25) is 0 Å². The molecule has 3 heterocycles. The van der Waals surface area contributed by atoms with Crippen molar-refractivity contribution in [3.8, 4) is 34.5 Å². The van der Waals surface area contributed by atoms with Gasteiger partial charge in [-0.25, -0.2) is 9.98 Å². The summed E-state index contributed by atoms with van der Waals surface area (Å²) in [6.07, 6.45) is 3.90. The number of benzene rings is 5. The Bertz CT molecular complexity index is 2590. The van der Waals surface area contributed by atoms with Gasteiger partial charge in [0.2, 0.25) is 0 Å². The van der Waals surface area contributed by atoms with Gasteiger partial charge in [-0.15, -0.1) is 0 Å². The molecule has 0 fully saturated rings. The third kappa shape index (κ3) is 4.44. The molecule has 6 N–H and O–H groups in total. The van der Waals surface area contributed by atoms with Crippen LogP contribution < -0.4 is 0 Å². The van der Waals surface area contributed by atoms with Crippen LogP contribution in [0, 0.1) is 0 Å². The zero-order valence-corrected chi connectivity index (χ0v) is 27.1. The molecule has 0 amide bonds. The number of aliphatic imine (C=N–C) groups is 2. The molecule has 2 aliphatic rings. The van der Waals surface area contributed by atoms with E-state index in [0.717, 1.165) is 45.6 Å². The molecule has 0 radical (unpaired) electrons. The maximum absolute atomic E-state index is 11.1. The van der Waals surface area contributed by atoms with Gasteiger partial charge in [-0.1, -0.05) is 78.9 Å². The van der Waals surface area contributed by atoms with Crippen LogP contribution in [0.4, 0.5) is 0 Å². The highest BCUT2D eigenvalue weighted by Gasteiger charge is 2.34. The van der Waals surface area contributed by atoms with E-state index in [-0.39, 0.29) is 28.0 Å². The zero-order chi connectivity index (χ0) is 35.1. The van der Waals surface area contributed by atoms with Crippen LogP contribution in [-0.4, -0.2) is 58.8 Å². The number of amidine groups is 2. The summed E-state index contributed by atoms with van der Waals surface area (Å²) >= 11 is 0. The number of hydrogen-bond acceptors (Lipinski definition) is 10. The van der Waals surface area contributed by atoms with Crippen molar-refractivity contribution in [3.63, 3.8) is 0 Å². The summed E-state index contributed by atoms with van der Waals surface area (Å²) in [6.45, 7) is 0. The van der Waals surface area contributed by atoms with E-state index < -0.39 is 40.5 Å². The number of furan rings is 1. The predicted molar refractivity (Wildman–Crippen MR) is 194 cm³/mol. The normalized spacial score (nSPS) is 17.2. The van der Waals surface area contributed by atoms with Crippen molar-refractivity contribution in [2.45, 2.75) is 18.6 Å². The third-order valence-corrected chi connectivity index (χ3v) is 9.76. The molecule has 7 aromatic rings. The van der Waals surface area contributed by atoms with Crippen molar-refractivity contribution < 1.29 is 35.1 Å². The van der Waals surface area contributed by atoms with Crippen molar-refractivity contribution in [1.29, 1.82) is 0 Å². The van der Waals surface area contributed by atoms with E-state index in [9.17, 15) is 30.6 Å². The van der Waals surface area contributed by atoms with Crippen LogP contribution >= 0.6 is 0 Å². The van der Waals surface area contributed by atoms with Crippen molar-refractivity contribution >= 4 is 50.5 Å². The second-order valence-electron chi connectivity index (χ2n) is 12.7. The van der Waals surface area contributed by atoms with Gasteiger partial charge in [0, 0.05) is 41.3 Å². The fourth-order valence-corrected chi connectivity index (χ4v) is 7.44. The summed E-state index contributed by atoms with van der Waals surface area (Å²) in [5.74, 6) is -1.54. The van der Waals surface area contributed by atoms with Crippen molar-refractivity contribution in [2.24, 2.45) is 9.98 Å². The summed E-state index contributed by atoms with van der Waals surface area (Å²) in [7, 11) is 1.98. The van der Waals surface area contributed by atoms with E-state index in [1.54, 1.807) is 4.57 Å². The van der Waals surface area contributed by atoms with E-state index in [4.69, 9.17) is 14.4 Å². The molecule has 252 valence electrons. The molecule has 51 heavy (non-hydrogen) atoms. The first kappa shape index (κ1) is 30.2. The average Bonchev–Trinajstić information content (AvgIpc) is 3.71. The minimum Gasteiger partial charge on any atom is -0.506 e. The Hall–Kier alpha value is -6.88. The van der Waals surface area contributed by atoms with Gasteiger partial charge < -0.3 is 44.5 Å². The molecule has 2 atom stereocenters. The molecule has 11 heteroatoms. The van der Waals surface area contributed by atoms with E-state index in [2.05, 4.69) is 4.90 Å². The molecule has 2 unspecified atom stereocenters. The van der Waals surface area contributed by atoms with Crippen molar-refractivity contribution in [2.75, 3.05) is 7.05 Å². The van der Waals surface area contributed by atoms with Gasteiger partial charge in [-0.3, -0.25) is 0 Å². The zero-order valence-electron chi connectivity index (χ0n) is 27.1. The first-order chi connectivity index (χ1) is 24.7. The van der Waals surface area contributed by atoms with E-state index >= 15 is 0 Å². The number of fused-ring (bicyclic) bond motifs is 6. The fourth-order valence-electron chi connectivity index (χ4n) is 7.44. The minimum atomic E-state index is -0.684. The van der Waals surface area contributed by atoms with Gasteiger partial charge in [0.1, 0.15) is 34.8 Å². The Morgan fingerprint density at radius 1 is 0.706 bits per heavy atom. The van der Waals surface area contributed by atoms with Crippen LogP contribution in [0.25, 0.3) is 38.9 Å².